The fourth-order valence-electron chi connectivity index (χ4n) is 15.0. The quantitative estimate of drug-likeness (QED) is 0.152. The molecule has 0 N–H and O–H groups in total. The molecule has 0 fully saturated rings. The van der Waals surface area contributed by atoms with E-state index in [1.165, 1.54) is 111 Å². The average molecular weight is 1050 g/mol. The van der Waals surface area contributed by atoms with E-state index >= 15 is 0 Å². The maximum atomic E-state index is 4.54. The van der Waals surface area contributed by atoms with Gasteiger partial charge in [-0.2, -0.15) is 0 Å². The first-order chi connectivity index (χ1) is 40.7. The molecule has 0 amide bonds. The van der Waals surface area contributed by atoms with Crippen LogP contribution < -0.4 is 4.90 Å². The Bertz CT molecular complexity index is 4790. The molecular weight excluding hydrogens is 993 g/mol. The Kier molecular flexibility index (Phi) is 10.4. The zero-order chi connectivity index (χ0) is 53.9. The number of benzene rings is 10. The third-order valence-corrected chi connectivity index (χ3v) is 18.4. The fourth-order valence-corrected chi connectivity index (χ4v) is 15.0. The van der Waals surface area contributed by atoms with Gasteiger partial charge < -0.3 is 14.0 Å². The lowest BCUT2D eigenvalue weighted by molar-refractivity contribution is 0.465. The van der Waals surface area contributed by atoms with Gasteiger partial charge in [-0.25, -0.2) is 0 Å². The van der Waals surface area contributed by atoms with Gasteiger partial charge >= 0.3 is 0 Å². The summed E-state index contributed by atoms with van der Waals surface area (Å²) in [6.45, 7) is 0. The van der Waals surface area contributed by atoms with Crippen LogP contribution >= 0.6 is 0 Å². The van der Waals surface area contributed by atoms with Crippen molar-refractivity contribution in [2.75, 3.05) is 4.90 Å². The number of pyridine rings is 1. The smallest absolute Gasteiger partial charge is 0.0562 e. The van der Waals surface area contributed by atoms with Crippen LogP contribution in [0.2, 0.25) is 0 Å². The molecule has 0 bridgehead atoms. The Morgan fingerprint density at radius 2 is 1.02 bits per heavy atom. The van der Waals surface area contributed by atoms with Crippen molar-refractivity contribution < 1.29 is 0 Å². The maximum absolute atomic E-state index is 4.54. The highest BCUT2D eigenvalue weighted by molar-refractivity contribution is 6.18. The van der Waals surface area contributed by atoms with E-state index in [9.17, 15) is 0 Å². The van der Waals surface area contributed by atoms with Crippen molar-refractivity contribution in [3.63, 3.8) is 0 Å². The minimum absolute atomic E-state index is 0.0696. The SMILES string of the molecule is C1=CC2c3c(N(c4cccc5c4c4c(n5-c5ccc(-c6ccccc6)cc5)CCC=C4)c4cccc5c4c4ccccc4n5-c4ccc(-c5ccccc5)cc4)cccc3C3(c4ccccc4-c4cc(-c5cccnc5)ccc43)C2C=C1. The van der Waals surface area contributed by atoms with Crippen molar-refractivity contribution in [3.05, 3.63) is 319 Å². The van der Waals surface area contributed by atoms with Gasteiger partial charge in [0.25, 0.3) is 0 Å². The average Bonchev–Trinajstić information content (AvgIpc) is 2.87. The van der Waals surface area contributed by atoms with E-state index < -0.39 is 5.41 Å². The van der Waals surface area contributed by atoms with Crippen LogP contribution in [0.15, 0.2) is 285 Å². The minimum atomic E-state index is -0.459. The van der Waals surface area contributed by atoms with Crippen LogP contribution in [0, 0.1) is 5.92 Å². The molecule has 0 aliphatic heterocycles. The van der Waals surface area contributed by atoms with Gasteiger partial charge in [-0.15, -0.1) is 0 Å². The first-order valence-corrected chi connectivity index (χ1v) is 28.8. The highest BCUT2D eigenvalue weighted by Crippen LogP contribution is 2.67. The Morgan fingerprint density at radius 1 is 0.439 bits per heavy atom. The number of rotatable bonds is 8. The van der Waals surface area contributed by atoms with E-state index in [-0.39, 0.29) is 11.8 Å². The number of aromatic nitrogens is 3. The molecule has 4 aliphatic rings. The molecule has 386 valence electrons. The Balaban J connectivity index is 0.946. The summed E-state index contributed by atoms with van der Waals surface area (Å²) in [7, 11) is 0. The van der Waals surface area contributed by atoms with Crippen molar-refractivity contribution in [1.82, 2.24) is 14.1 Å². The van der Waals surface area contributed by atoms with E-state index in [0.29, 0.717) is 0 Å². The third kappa shape index (κ3) is 6.76. The predicted molar refractivity (Wildman–Crippen MR) is 340 cm³/mol. The van der Waals surface area contributed by atoms with Gasteiger partial charge in [0, 0.05) is 68.6 Å². The summed E-state index contributed by atoms with van der Waals surface area (Å²) in [5.41, 5.74) is 26.7. The number of nitrogens with zero attached hydrogens (tertiary/aromatic N) is 4. The molecule has 82 heavy (non-hydrogen) atoms. The third-order valence-electron chi connectivity index (χ3n) is 18.4. The van der Waals surface area contributed by atoms with Gasteiger partial charge in [-0.1, -0.05) is 206 Å². The highest BCUT2D eigenvalue weighted by Gasteiger charge is 2.58. The van der Waals surface area contributed by atoms with E-state index in [0.717, 1.165) is 41.0 Å². The van der Waals surface area contributed by atoms with Crippen LogP contribution in [0.5, 0.6) is 0 Å². The monoisotopic (exact) mass is 1050 g/mol. The van der Waals surface area contributed by atoms with Gasteiger partial charge in [0.2, 0.25) is 0 Å². The molecule has 0 saturated heterocycles. The van der Waals surface area contributed by atoms with Gasteiger partial charge in [0.1, 0.15) is 0 Å². The minimum Gasteiger partial charge on any atom is -0.313 e. The highest BCUT2D eigenvalue weighted by atomic mass is 15.2. The van der Waals surface area contributed by atoms with E-state index in [1.54, 1.807) is 0 Å². The first-order valence-electron chi connectivity index (χ1n) is 28.8. The summed E-state index contributed by atoms with van der Waals surface area (Å²) in [6, 6.07) is 90.7. The van der Waals surface area contributed by atoms with Gasteiger partial charge in [0.05, 0.1) is 39.0 Å². The molecule has 13 aromatic rings. The van der Waals surface area contributed by atoms with Gasteiger partial charge in [-0.3, -0.25) is 4.98 Å². The lowest BCUT2D eigenvalue weighted by Crippen LogP contribution is -2.32. The second-order valence-corrected chi connectivity index (χ2v) is 22.4. The largest absolute Gasteiger partial charge is 0.313 e. The summed E-state index contributed by atoms with van der Waals surface area (Å²) < 4.78 is 5.03. The van der Waals surface area contributed by atoms with Crippen LogP contribution in [0.4, 0.5) is 17.1 Å². The van der Waals surface area contributed by atoms with Crippen molar-refractivity contribution in [2.45, 2.75) is 24.2 Å². The van der Waals surface area contributed by atoms with Crippen LogP contribution in [-0.2, 0) is 11.8 Å². The number of fused-ring (bicyclic) bond motifs is 16. The van der Waals surface area contributed by atoms with Crippen LogP contribution in [-0.4, -0.2) is 14.1 Å². The first kappa shape index (κ1) is 46.6. The molecule has 10 aromatic carbocycles. The summed E-state index contributed by atoms with van der Waals surface area (Å²) in [4.78, 5) is 7.22. The van der Waals surface area contributed by atoms with Crippen LogP contribution in [0.1, 0.15) is 45.8 Å². The molecule has 3 aromatic heterocycles. The molecule has 3 atom stereocenters. The number of anilines is 3. The molecule has 17 rings (SSSR count). The van der Waals surface area contributed by atoms with Gasteiger partial charge in [-0.05, 0) is 147 Å². The fraction of sp³-hybridized carbons (Fsp3) is 0.0641. The number of para-hydroxylation sites is 1. The van der Waals surface area contributed by atoms with E-state index in [2.05, 4.69) is 292 Å². The second kappa shape index (κ2) is 18.4. The van der Waals surface area contributed by atoms with Crippen molar-refractivity contribution >= 4 is 55.8 Å². The molecule has 4 nitrogen and oxygen atoms in total. The molecule has 0 saturated carbocycles. The van der Waals surface area contributed by atoms with Crippen molar-refractivity contribution in [3.8, 4) is 55.9 Å². The predicted octanol–water partition coefficient (Wildman–Crippen LogP) is 19.7. The maximum Gasteiger partial charge on any atom is 0.0562 e. The Morgan fingerprint density at radius 3 is 1.78 bits per heavy atom. The molecule has 3 heterocycles. The van der Waals surface area contributed by atoms with Crippen LogP contribution in [0.25, 0.3) is 94.7 Å². The molecule has 4 heteroatoms. The van der Waals surface area contributed by atoms with E-state index in [4.69, 9.17) is 0 Å². The number of hydrogen-bond acceptors (Lipinski definition) is 2. The summed E-state index contributed by atoms with van der Waals surface area (Å²) >= 11 is 0. The zero-order valence-corrected chi connectivity index (χ0v) is 45.1. The molecule has 4 aliphatic carbocycles. The topological polar surface area (TPSA) is 26.0 Å². The number of hydrogen-bond donors (Lipinski definition) is 0. The number of allylic oxidation sites excluding steroid dienone is 5. The normalized spacial score (nSPS) is 17.1. The zero-order valence-electron chi connectivity index (χ0n) is 45.1. The molecule has 1 spiro atoms. The Hall–Kier alpha value is -10.3. The summed E-state index contributed by atoms with van der Waals surface area (Å²) in [5.74, 6) is 0.185. The summed E-state index contributed by atoms with van der Waals surface area (Å²) in [5, 5.41) is 3.67. The standard InChI is InChI=1S/C78H54N4/c1-3-19-51(20-4-1)53-38-43-57(44-39-53)80-68-31-13-9-26-61(68)76-71(80)34-16-36-73(76)82(74-37-17-35-72-77(74)62-27-10-14-32-69(62)81(72)58-45-40-54(41-46-58)52-21-5-2-6-22-52)70-33-15-30-67-75(70)60-25-8-12-29-65(60)78(67)64-28-11-7-24-59(64)63-49-55(42-47-66(63)78)56-23-18-48-79-50-56/h1-13,15-31,33-50,60,65H,14,32H2. The molecule has 3 unspecified atom stereocenters. The van der Waals surface area contributed by atoms with Crippen LogP contribution in [0.3, 0.4) is 0 Å². The van der Waals surface area contributed by atoms with Gasteiger partial charge in [0.15, 0.2) is 0 Å². The van der Waals surface area contributed by atoms with Crippen molar-refractivity contribution in [1.29, 1.82) is 0 Å². The lowest BCUT2D eigenvalue weighted by atomic mass is 9.65. The molecule has 0 radical (unpaired) electrons. The summed E-state index contributed by atoms with van der Waals surface area (Å²) in [6.07, 6.45) is 20.2. The second-order valence-electron chi connectivity index (χ2n) is 22.4. The Labute approximate surface area is 477 Å². The lowest BCUT2D eigenvalue weighted by Gasteiger charge is -2.36. The van der Waals surface area contributed by atoms with E-state index in [1.807, 2.05) is 18.5 Å². The van der Waals surface area contributed by atoms with Crippen molar-refractivity contribution in [2.24, 2.45) is 5.92 Å². The molecular formula is C78H54N4.